The van der Waals surface area contributed by atoms with Crippen molar-refractivity contribution in [3.05, 3.63) is 77.9 Å². The molecule has 0 saturated heterocycles. The smallest absolute Gasteiger partial charge is 0.317 e. The van der Waals surface area contributed by atoms with Crippen LogP contribution in [0.15, 0.2) is 61.2 Å². The molecule has 0 spiro atoms. The van der Waals surface area contributed by atoms with E-state index in [1.54, 1.807) is 15.9 Å². The van der Waals surface area contributed by atoms with Gasteiger partial charge in [0.2, 0.25) is 0 Å². The Bertz CT molecular complexity index is 939. The van der Waals surface area contributed by atoms with Crippen molar-refractivity contribution in [2.24, 2.45) is 0 Å². The number of hydrogen-bond acceptors (Lipinski definition) is 4. The molecule has 2 aromatic carbocycles. The van der Waals surface area contributed by atoms with Gasteiger partial charge in [-0.25, -0.2) is 14.5 Å². The summed E-state index contributed by atoms with van der Waals surface area (Å²) in [5, 5.41) is 7.16. The molecule has 0 fully saturated rings. The lowest BCUT2D eigenvalue weighted by atomic mass is 10.1. The van der Waals surface area contributed by atoms with Crippen molar-refractivity contribution in [2.45, 2.75) is 33.0 Å². The molecule has 0 saturated carbocycles. The van der Waals surface area contributed by atoms with Gasteiger partial charge in [0.25, 0.3) is 0 Å². The van der Waals surface area contributed by atoms with Crippen LogP contribution in [-0.2, 0) is 13.1 Å². The molecule has 2 amide bonds. The van der Waals surface area contributed by atoms with E-state index in [1.807, 2.05) is 50.4 Å². The molecule has 1 atom stereocenters. The molecule has 0 radical (unpaired) electrons. The van der Waals surface area contributed by atoms with Crippen LogP contribution in [0.1, 0.15) is 36.6 Å². The summed E-state index contributed by atoms with van der Waals surface area (Å²) in [4.78, 5) is 20.6. The molecule has 0 aliphatic heterocycles. The Labute approximate surface area is 178 Å². The Morgan fingerprint density at radius 1 is 1.13 bits per heavy atom. The lowest BCUT2D eigenvalue weighted by Crippen LogP contribution is -2.38. The summed E-state index contributed by atoms with van der Waals surface area (Å²) in [5.41, 5.74) is 4.34. The number of carbonyl (C=O) groups is 1. The maximum absolute atomic E-state index is 12.7. The van der Waals surface area contributed by atoms with Gasteiger partial charge in [-0.3, -0.25) is 0 Å². The molecule has 7 nitrogen and oxygen atoms in total. The molecule has 0 aliphatic rings. The van der Waals surface area contributed by atoms with Gasteiger partial charge in [-0.2, -0.15) is 5.10 Å². The summed E-state index contributed by atoms with van der Waals surface area (Å²) in [6, 6.07) is 16.2. The van der Waals surface area contributed by atoms with E-state index in [4.69, 9.17) is 0 Å². The summed E-state index contributed by atoms with van der Waals surface area (Å²) in [6.07, 6.45) is 3.17. The third-order valence-electron chi connectivity index (χ3n) is 5.39. The van der Waals surface area contributed by atoms with Crippen LogP contribution in [0.5, 0.6) is 0 Å². The number of amides is 2. The highest BCUT2D eigenvalue weighted by molar-refractivity contribution is 5.74. The number of rotatable bonds is 8. The summed E-state index contributed by atoms with van der Waals surface area (Å²) in [5.74, 6) is 0. The van der Waals surface area contributed by atoms with Crippen molar-refractivity contribution in [3.63, 3.8) is 0 Å². The predicted molar refractivity (Wildman–Crippen MR) is 118 cm³/mol. The van der Waals surface area contributed by atoms with Crippen LogP contribution in [0.3, 0.4) is 0 Å². The van der Waals surface area contributed by atoms with Crippen molar-refractivity contribution in [1.82, 2.24) is 29.9 Å². The highest BCUT2D eigenvalue weighted by atomic mass is 16.2. The molecule has 1 aromatic heterocycles. The number of hydrogen-bond donors (Lipinski definition) is 1. The molecule has 1 N–H and O–H groups in total. The van der Waals surface area contributed by atoms with Gasteiger partial charge in [-0.1, -0.05) is 43.3 Å². The van der Waals surface area contributed by atoms with E-state index in [2.05, 4.69) is 46.4 Å². The molecule has 3 aromatic rings. The van der Waals surface area contributed by atoms with Gasteiger partial charge in [0.05, 0.1) is 11.7 Å². The second kappa shape index (κ2) is 10.0. The fourth-order valence-electron chi connectivity index (χ4n) is 3.21. The summed E-state index contributed by atoms with van der Waals surface area (Å²) >= 11 is 0. The Morgan fingerprint density at radius 2 is 1.87 bits per heavy atom. The molecule has 0 aliphatic carbocycles. The number of aromatic nitrogens is 3. The molecule has 30 heavy (non-hydrogen) atoms. The number of nitrogens with zero attached hydrogens (tertiary/aromatic N) is 5. The summed E-state index contributed by atoms with van der Waals surface area (Å²) in [7, 11) is 3.92. The zero-order valence-corrected chi connectivity index (χ0v) is 18.1. The maximum atomic E-state index is 12.7. The first-order valence-corrected chi connectivity index (χ1v) is 10.2. The summed E-state index contributed by atoms with van der Waals surface area (Å²) < 4.78 is 1.71. The Balaban J connectivity index is 1.57. The van der Waals surface area contributed by atoms with Crippen molar-refractivity contribution >= 4 is 6.03 Å². The maximum Gasteiger partial charge on any atom is 0.317 e. The minimum atomic E-state index is -0.0982. The molecule has 1 heterocycles. The largest absolute Gasteiger partial charge is 0.334 e. The number of benzene rings is 2. The Hall–Kier alpha value is -3.19. The van der Waals surface area contributed by atoms with Gasteiger partial charge in [0.1, 0.15) is 12.7 Å². The van der Waals surface area contributed by atoms with Crippen molar-refractivity contribution in [1.29, 1.82) is 0 Å². The van der Waals surface area contributed by atoms with Crippen molar-refractivity contribution in [2.75, 3.05) is 20.6 Å². The molecular formula is C23H30N6O. The highest BCUT2D eigenvalue weighted by Crippen LogP contribution is 2.20. The zero-order chi connectivity index (χ0) is 21.5. The zero-order valence-electron chi connectivity index (χ0n) is 18.1. The Morgan fingerprint density at radius 3 is 2.53 bits per heavy atom. The van der Waals surface area contributed by atoms with Crippen LogP contribution >= 0.6 is 0 Å². The summed E-state index contributed by atoms with van der Waals surface area (Å²) in [6.45, 7) is 6.57. The lowest BCUT2D eigenvalue weighted by molar-refractivity contribution is 0.194. The van der Waals surface area contributed by atoms with Gasteiger partial charge < -0.3 is 15.1 Å². The molecular weight excluding hydrogens is 376 g/mol. The normalized spacial score (nSPS) is 12.0. The molecule has 158 valence electrons. The molecule has 3 rings (SSSR count). The number of nitrogens with one attached hydrogen (secondary N) is 1. The fraction of sp³-hybridized carbons (Fsp3) is 0.348. The highest BCUT2D eigenvalue weighted by Gasteiger charge is 2.17. The van der Waals surface area contributed by atoms with Crippen LogP contribution in [0.4, 0.5) is 4.79 Å². The number of carbonyl (C=O) groups excluding carboxylic acids is 1. The number of urea groups is 1. The molecule has 0 bridgehead atoms. The minimum absolute atomic E-state index is 0.0562. The molecule has 1 unspecified atom stereocenters. The SMILES string of the molecule is CCN(C)Cc1cccc(CNC(=O)N(C)C(C)c2ccc(-n3cncn3)cc2)c1. The van der Waals surface area contributed by atoms with E-state index in [0.29, 0.717) is 6.54 Å². The third-order valence-corrected chi connectivity index (χ3v) is 5.39. The van der Waals surface area contributed by atoms with E-state index < -0.39 is 0 Å². The van der Waals surface area contributed by atoms with Crippen LogP contribution in [0, 0.1) is 0 Å². The van der Waals surface area contributed by atoms with E-state index >= 15 is 0 Å². The van der Waals surface area contributed by atoms with Gasteiger partial charge in [-0.15, -0.1) is 0 Å². The van der Waals surface area contributed by atoms with E-state index in [-0.39, 0.29) is 12.1 Å². The fourth-order valence-corrected chi connectivity index (χ4v) is 3.21. The average Bonchev–Trinajstić information content (AvgIpc) is 3.31. The van der Waals surface area contributed by atoms with Crippen LogP contribution in [0.25, 0.3) is 5.69 Å². The van der Waals surface area contributed by atoms with Crippen LogP contribution in [0.2, 0.25) is 0 Å². The Kier molecular flexibility index (Phi) is 7.19. The topological polar surface area (TPSA) is 66.3 Å². The average molecular weight is 407 g/mol. The van der Waals surface area contributed by atoms with E-state index in [0.717, 1.165) is 29.9 Å². The van der Waals surface area contributed by atoms with Gasteiger partial charge >= 0.3 is 6.03 Å². The van der Waals surface area contributed by atoms with E-state index in [9.17, 15) is 4.79 Å². The minimum Gasteiger partial charge on any atom is -0.334 e. The molecule has 7 heteroatoms. The second-order valence-electron chi connectivity index (χ2n) is 7.53. The predicted octanol–water partition coefficient (Wildman–Crippen LogP) is 3.62. The van der Waals surface area contributed by atoms with Crippen LogP contribution in [-0.4, -0.2) is 51.2 Å². The lowest BCUT2D eigenvalue weighted by Gasteiger charge is -2.26. The first-order chi connectivity index (χ1) is 14.5. The van der Waals surface area contributed by atoms with Crippen molar-refractivity contribution < 1.29 is 4.79 Å². The van der Waals surface area contributed by atoms with Crippen molar-refractivity contribution in [3.8, 4) is 5.69 Å². The van der Waals surface area contributed by atoms with Gasteiger partial charge in [0, 0.05) is 20.1 Å². The monoisotopic (exact) mass is 406 g/mol. The van der Waals surface area contributed by atoms with Crippen LogP contribution < -0.4 is 5.32 Å². The van der Waals surface area contributed by atoms with E-state index in [1.165, 1.54) is 11.9 Å². The standard InChI is InChI=1S/C23H30N6O/c1-5-27(3)15-20-8-6-7-19(13-20)14-25-23(30)28(4)18(2)21-9-11-22(12-10-21)29-17-24-16-26-29/h6-13,16-18H,5,14-15H2,1-4H3,(H,25,30). The first-order valence-electron chi connectivity index (χ1n) is 10.2. The first kappa shape index (κ1) is 21.5. The van der Waals surface area contributed by atoms with Gasteiger partial charge in [-0.05, 0) is 49.3 Å². The third kappa shape index (κ3) is 5.45. The van der Waals surface area contributed by atoms with Gasteiger partial charge in [0.15, 0.2) is 0 Å². The quantitative estimate of drug-likeness (QED) is 0.620. The second-order valence-corrected chi connectivity index (χ2v) is 7.53.